The third kappa shape index (κ3) is 5.16. The lowest BCUT2D eigenvalue weighted by atomic mass is 10.1. The molecule has 3 nitrogen and oxygen atoms in total. The zero-order chi connectivity index (χ0) is 12.5. The summed E-state index contributed by atoms with van der Waals surface area (Å²) in [6, 6.07) is 1.80. The molecule has 0 aromatic carbocycles. The number of aryl methyl sites for hydroxylation is 1. The first kappa shape index (κ1) is 13.9. The molecule has 1 aromatic heterocycles. The predicted molar refractivity (Wildman–Crippen MR) is 70.1 cm³/mol. The molecule has 0 amide bonds. The first-order valence-electron chi connectivity index (χ1n) is 6.77. The van der Waals surface area contributed by atoms with Crippen molar-refractivity contribution in [2.24, 2.45) is 7.05 Å². The average Bonchev–Trinajstić information content (AvgIpc) is 2.74. The highest BCUT2D eigenvalue weighted by molar-refractivity contribution is 5.94. The molecule has 17 heavy (non-hydrogen) atoms. The molecule has 3 heteroatoms. The fraction of sp³-hybridized carbons (Fsp3) is 0.714. The molecule has 0 saturated heterocycles. The molecule has 0 spiro atoms. The maximum Gasteiger partial charge on any atom is 0.180 e. The van der Waals surface area contributed by atoms with Crippen molar-refractivity contribution < 1.29 is 4.79 Å². The third-order valence-corrected chi connectivity index (χ3v) is 3.11. The van der Waals surface area contributed by atoms with Crippen molar-refractivity contribution in [3.05, 3.63) is 18.0 Å². The number of Topliss-reactive ketones (excluding diaryl/α,β-unsaturated/α-hetero) is 1. The van der Waals surface area contributed by atoms with Crippen LogP contribution in [0.5, 0.6) is 0 Å². The molecule has 1 heterocycles. The number of carbonyl (C=O) groups excluding carboxylic acids is 1. The van der Waals surface area contributed by atoms with Crippen molar-refractivity contribution in [1.29, 1.82) is 0 Å². The van der Waals surface area contributed by atoms with Crippen molar-refractivity contribution in [2.45, 2.75) is 58.3 Å². The van der Waals surface area contributed by atoms with Crippen molar-refractivity contribution in [3.63, 3.8) is 0 Å². The number of hydrogen-bond donors (Lipinski definition) is 0. The van der Waals surface area contributed by atoms with Gasteiger partial charge in [0, 0.05) is 19.7 Å². The molecule has 0 fully saturated rings. The van der Waals surface area contributed by atoms with Crippen LogP contribution in [-0.4, -0.2) is 15.6 Å². The molecule has 1 aromatic rings. The molecule has 0 N–H and O–H groups in total. The Bertz CT molecular complexity index is 331. The first-order valence-corrected chi connectivity index (χ1v) is 6.77. The van der Waals surface area contributed by atoms with Gasteiger partial charge in [-0.05, 0) is 12.5 Å². The van der Waals surface area contributed by atoms with E-state index in [9.17, 15) is 4.79 Å². The van der Waals surface area contributed by atoms with E-state index in [-0.39, 0.29) is 5.78 Å². The van der Waals surface area contributed by atoms with Crippen LogP contribution < -0.4 is 0 Å². The Morgan fingerprint density at radius 2 is 1.82 bits per heavy atom. The molecule has 96 valence electrons. The normalized spacial score (nSPS) is 10.7. The van der Waals surface area contributed by atoms with Crippen LogP contribution in [0.2, 0.25) is 0 Å². The smallest absolute Gasteiger partial charge is 0.180 e. The Hall–Kier alpha value is -1.12. The van der Waals surface area contributed by atoms with Crippen molar-refractivity contribution >= 4 is 5.78 Å². The van der Waals surface area contributed by atoms with Gasteiger partial charge >= 0.3 is 0 Å². The summed E-state index contributed by atoms with van der Waals surface area (Å²) in [4.78, 5) is 11.8. The Kier molecular flexibility index (Phi) is 6.60. The largest absolute Gasteiger partial charge is 0.292 e. The summed E-state index contributed by atoms with van der Waals surface area (Å²) in [6.07, 6.45) is 11.1. The fourth-order valence-electron chi connectivity index (χ4n) is 2.02. The van der Waals surface area contributed by atoms with Gasteiger partial charge in [0.25, 0.3) is 0 Å². The Labute approximate surface area is 104 Å². The fourth-order valence-corrected chi connectivity index (χ4v) is 2.02. The second-order valence-electron chi connectivity index (χ2n) is 4.63. The highest BCUT2D eigenvalue weighted by Gasteiger charge is 2.08. The van der Waals surface area contributed by atoms with Crippen LogP contribution in [0.4, 0.5) is 0 Å². The minimum Gasteiger partial charge on any atom is -0.292 e. The molecule has 0 aliphatic rings. The zero-order valence-electron chi connectivity index (χ0n) is 11.1. The van der Waals surface area contributed by atoms with E-state index >= 15 is 0 Å². The maximum absolute atomic E-state index is 11.8. The number of ketones is 1. The first-order chi connectivity index (χ1) is 8.25. The second-order valence-corrected chi connectivity index (χ2v) is 4.63. The summed E-state index contributed by atoms with van der Waals surface area (Å²) in [5.41, 5.74) is 0.732. The zero-order valence-corrected chi connectivity index (χ0v) is 11.1. The van der Waals surface area contributed by atoms with Gasteiger partial charge in [-0.15, -0.1) is 0 Å². The minimum absolute atomic E-state index is 0.221. The Morgan fingerprint density at radius 1 is 1.18 bits per heavy atom. The van der Waals surface area contributed by atoms with Gasteiger partial charge in [-0.2, -0.15) is 5.10 Å². The number of hydrogen-bond acceptors (Lipinski definition) is 2. The van der Waals surface area contributed by atoms with Crippen molar-refractivity contribution in [2.75, 3.05) is 0 Å². The summed E-state index contributed by atoms with van der Waals surface area (Å²) in [5.74, 6) is 0.221. The molecule has 0 aliphatic carbocycles. The maximum atomic E-state index is 11.8. The van der Waals surface area contributed by atoms with E-state index in [4.69, 9.17) is 0 Å². The number of carbonyl (C=O) groups is 1. The molecular weight excluding hydrogens is 212 g/mol. The SMILES string of the molecule is CCCCCCCCCC(=O)c1ccnn1C. The number of aromatic nitrogens is 2. The second kappa shape index (κ2) is 8.04. The van der Waals surface area contributed by atoms with E-state index in [1.165, 1.54) is 38.5 Å². The summed E-state index contributed by atoms with van der Waals surface area (Å²) >= 11 is 0. The van der Waals surface area contributed by atoms with Gasteiger partial charge in [0.15, 0.2) is 5.78 Å². The van der Waals surface area contributed by atoms with Crippen LogP contribution in [0.3, 0.4) is 0 Å². The summed E-state index contributed by atoms with van der Waals surface area (Å²) < 4.78 is 1.66. The highest BCUT2D eigenvalue weighted by Crippen LogP contribution is 2.10. The topological polar surface area (TPSA) is 34.9 Å². The number of unbranched alkanes of at least 4 members (excludes halogenated alkanes) is 6. The van der Waals surface area contributed by atoms with Crippen molar-refractivity contribution in [1.82, 2.24) is 9.78 Å². The Balaban J connectivity index is 2.07. The molecule has 0 bridgehead atoms. The third-order valence-electron chi connectivity index (χ3n) is 3.11. The lowest BCUT2D eigenvalue weighted by molar-refractivity contribution is 0.0970. The average molecular weight is 236 g/mol. The van der Waals surface area contributed by atoms with Crippen LogP contribution >= 0.6 is 0 Å². The van der Waals surface area contributed by atoms with E-state index in [1.54, 1.807) is 16.9 Å². The van der Waals surface area contributed by atoms with E-state index in [2.05, 4.69) is 12.0 Å². The van der Waals surface area contributed by atoms with Gasteiger partial charge in [0.1, 0.15) is 5.69 Å². The van der Waals surface area contributed by atoms with Gasteiger partial charge in [0.2, 0.25) is 0 Å². The van der Waals surface area contributed by atoms with Gasteiger partial charge in [-0.3, -0.25) is 9.48 Å². The van der Waals surface area contributed by atoms with Gasteiger partial charge in [0.05, 0.1) is 0 Å². The molecule has 0 unspecified atom stereocenters. The van der Waals surface area contributed by atoms with Crippen LogP contribution in [0.15, 0.2) is 12.3 Å². The molecule has 1 rings (SSSR count). The van der Waals surface area contributed by atoms with E-state index < -0.39 is 0 Å². The molecule has 0 radical (unpaired) electrons. The lowest BCUT2D eigenvalue weighted by Gasteiger charge is -2.02. The van der Waals surface area contributed by atoms with Crippen molar-refractivity contribution in [3.8, 4) is 0 Å². The summed E-state index contributed by atoms with van der Waals surface area (Å²) in [5, 5.41) is 4.01. The minimum atomic E-state index is 0.221. The molecule has 0 saturated carbocycles. The quantitative estimate of drug-likeness (QED) is 0.483. The standard InChI is InChI=1S/C14H24N2O/c1-3-4-5-6-7-8-9-10-14(17)13-11-12-15-16(13)2/h11-12H,3-10H2,1-2H3. The van der Waals surface area contributed by atoms with Gasteiger partial charge < -0.3 is 0 Å². The van der Waals surface area contributed by atoms with Crippen LogP contribution in [-0.2, 0) is 7.05 Å². The number of rotatable bonds is 9. The predicted octanol–water partition coefficient (Wildman–Crippen LogP) is 3.74. The molecule has 0 aliphatic heterocycles. The summed E-state index contributed by atoms with van der Waals surface area (Å²) in [6.45, 7) is 2.23. The van der Waals surface area contributed by atoms with Gasteiger partial charge in [-0.25, -0.2) is 0 Å². The van der Waals surface area contributed by atoms with E-state index in [0.29, 0.717) is 6.42 Å². The monoisotopic (exact) mass is 236 g/mol. The number of nitrogens with zero attached hydrogens (tertiary/aromatic N) is 2. The highest BCUT2D eigenvalue weighted by atomic mass is 16.1. The Morgan fingerprint density at radius 3 is 2.41 bits per heavy atom. The summed E-state index contributed by atoms with van der Waals surface area (Å²) in [7, 11) is 1.82. The van der Waals surface area contributed by atoms with Crippen LogP contribution in [0.1, 0.15) is 68.8 Å². The van der Waals surface area contributed by atoms with Crippen LogP contribution in [0, 0.1) is 0 Å². The molecule has 0 atom stereocenters. The van der Waals surface area contributed by atoms with E-state index in [1.807, 2.05) is 7.05 Å². The van der Waals surface area contributed by atoms with E-state index in [0.717, 1.165) is 12.1 Å². The molecular formula is C14H24N2O. The van der Waals surface area contributed by atoms with Gasteiger partial charge in [-0.1, -0.05) is 45.4 Å². The lowest BCUT2D eigenvalue weighted by Crippen LogP contribution is -2.06. The van der Waals surface area contributed by atoms with Crippen LogP contribution in [0.25, 0.3) is 0 Å².